The lowest BCUT2D eigenvalue weighted by molar-refractivity contribution is -0.118. The summed E-state index contributed by atoms with van der Waals surface area (Å²) >= 11 is 0. The molecular formula is C11H23N3O. The number of primary amides is 1. The number of hydrogen-bond acceptors (Lipinski definition) is 3. The Labute approximate surface area is 92.2 Å². The fourth-order valence-corrected chi connectivity index (χ4v) is 2.10. The number of nitrogens with zero attached hydrogens (tertiary/aromatic N) is 1. The first kappa shape index (κ1) is 12.5. The van der Waals surface area contributed by atoms with Crippen molar-refractivity contribution in [3.05, 3.63) is 0 Å². The van der Waals surface area contributed by atoms with Gasteiger partial charge in [0.1, 0.15) is 0 Å². The molecule has 15 heavy (non-hydrogen) atoms. The molecule has 1 rings (SSSR count). The highest BCUT2D eigenvalue weighted by atomic mass is 16.1. The maximum absolute atomic E-state index is 10.7. The van der Waals surface area contributed by atoms with Gasteiger partial charge in [-0.25, -0.2) is 0 Å². The average Bonchev–Trinajstić information content (AvgIpc) is 2.67. The number of hydrogen-bond donors (Lipinski definition) is 2. The van der Waals surface area contributed by atoms with Crippen LogP contribution in [0.15, 0.2) is 0 Å². The molecule has 0 spiro atoms. The minimum absolute atomic E-state index is 0.199. The second kappa shape index (κ2) is 6.80. The van der Waals surface area contributed by atoms with Gasteiger partial charge >= 0.3 is 0 Å². The normalized spacial score (nSPS) is 21.1. The Morgan fingerprint density at radius 3 is 2.87 bits per heavy atom. The van der Waals surface area contributed by atoms with E-state index in [4.69, 9.17) is 5.73 Å². The van der Waals surface area contributed by atoms with Gasteiger partial charge in [-0.3, -0.25) is 4.79 Å². The number of rotatable bonds is 7. The molecule has 0 bridgehead atoms. The van der Waals surface area contributed by atoms with Crippen LogP contribution in [0.3, 0.4) is 0 Å². The molecule has 88 valence electrons. The van der Waals surface area contributed by atoms with Crippen LogP contribution in [0.1, 0.15) is 32.6 Å². The molecule has 0 aliphatic carbocycles. The molecule has 1 heterocycles. The topological polar surface area (TPSA) is 58.4 Å². The Hall–Kier alpha value is -0.610. The first-order chi connectivity index (χ1) is 7.22. The van der Waals surface area contributed by atoms with Crippen molar-refractivity contribution in [2.75, 3.05) is 26.2 Å². The third-order valence-corrected chi connectivity index (χ3v) is 2.86. The summed E-state index contributed by atoms with van der Waals surface area (Å²) in [5, 5.41) is 3.48. The van der Waals surface area contributed by atoms with Crippen LogP contribution in [-0.4, -0.2) is 43.0 Å². The van der Waals surface area contributed by atoms with Gasteiger partial charge in [-0.2, -0.15) is 0 Å². The van der Waals surface area contributed by atoms with E-state index in [0.29, 0.717) is 12.5 Å². The van der Waals surface area contributed by atoms with Gasteiger partial charge in [0.15, 0.2) is 0 Å². The van der Waals surface area contributed by atoms with Gasteiger partial charge in [0, 0.05) is 25.6 Å². The highest BCUT2D eigenvalue weighted by Gasteiger charge is 2.17. The van der Waals surface area contributed by atoms with E-state index in [9.17, 15) is 4.79 Å². The summed E-state index contributed by atoms with van der Waals surface area (Å²) < 4.78 is 0. The lowest BCUT2D eigenvalue weighted by Crippen LogP contribution is -2.39. The summed E-state index contributed by atoms with van der Waals surface area (Å²) in [5.41, 5.74) is 5.16. The summed E-state index contributed by atoms with van der Waals surface area (Å²) in [7, 11) is 0. The van der Waals surface area contributed by atoms with Crippen LogP contribution in [0.5, 0.6) is 0 Å². The number of nitrogens with one attached hydrogen (secondary N) is 1. The molecule has 3 N–H and O–H groups in total. The molecule has 0 aromatic heterocycles. The predicted octanol–water partition coefficient (Wildman–Crippen LogP) is 0.326. The van der Waals surface area contributed by atoms with E-state index in [0.717, 1.165) is 32.6 Å². The van der Waals surface area contributed by atoms with Gasteiger partial charge in [-0.05, 0) is 32.4 Å². The fourth-order valence-electron chi connectivity index (χ4n) is 2.10. The average molecular weight is 213 g/mol. The van der Waals surface area contributed by atoms with Gasteiger partial charge in [-0.15, -0.1) is 0 Å². The van der Waals surface area contributed by atoms with Crippen LogP contribution in [0, 0.1) is 0 Å². The van der Waals surface area contributed by atoms with Gasteiger partial charge in [0.05, 0.1) is 0 Å². The minimum atomic E-state index is -0.199. The van der Waals surface area contributed by atoms with E-state index >= 15 is 0 Å². The molecule has 1 aliphatic rings. The van der Waals surface area contributed by atoms with Crippen molar-refractivity contribution in [1.82, 2.24) is 10.2 Å². The van der Waals surface area contributed by atoms with Crippen LogP contribution in [0.25, 0.3) is 0 Å². The van der Waals surface area contributed by atoms with E-state index in [2.05, 4.69) is 17.1 Å². The Morgan fingerprint density at radius 2 is 2.33 bits per heavy atom. The summed E-state index contributed by atoms with van der Waals surface area (Å²) in [4.78, 5) is 13.1. The largest absolute Gasteiger partial charge is 0.370 e. The van der Waals surface area contributed by atoms with Crippen molar-refractivity contribution in [3.63, 3.8) is 0 Å². The third kappa shape index (κ3) is 5.14. The van der Waals surface area contributed by atoms with Gasteiger partial charge in [0.25, 0.3) is 0 Å². The Kier molecular flexibility index (Phi) is 5.65. The second-order valence-electron chi connectivity index (χ2n) is 4.31. The van der Waals surface area contributed by atoms with Gasteiger partial charge in [-0.1, -0.05) is 6.92 Å². The fraction of sp³-hybridized carbons (Fsp3) is 0.909. The summed E-state index contributed by atoms with van der Waals surface area (Å²) in [6.45, 7) is 6.23. The smallest absolute Gasteiger partial charge is 0.218 e. The zero-order valence-corrected chi connectivity index (χ0v) is 9.67. The number of nitrogens with two attached hydrogens (primary N) is 1. The van der Waals surface area contributed by atoms with Gasteiger partial charge in [0.2, 0.25) is 5.91 Å². The number of amides is 1. The van der Waals surface area contributed by atoms with Gasteiger partial charge < -0.3 is 16.0 Å². The molecule has 1 unspecified atom stereocenters. The van der Waals surface area contributed by atoms with E-state index in [-0.39, 0.29) is 5.91 Å². The predicted molar refractivity (Wildman–Crippen MR) is 61.6 cm³/mol. The maximum Gasteiger partial charge on any atom is 0.218 e. The molecule has 4 heteroatoms. The van der Waals surface area contributed by atoms with Crippen LogP contribution in [-0.2, 0) is 4.79 Å². The summed E-state index contributed by atoms with van der Waals surface area (Å²) in [6, 6.07) is 0.615. The van der Waals surface area contributed by atoms with E-state index in [1.54, 1.807) is 0 Å². The summed E-state index contributed by atoms with van der Waals surface area (Å²) in [6.07, 6.45) is 4.15. The van der Waals surface area contributed by atoms with Crippen LogP contribution in [0.2, 0.25) is 0 Å². The molecule has 1 atom stereocenters. The number of carbonyl (C=O) groups is 1. The second-order valence-corrected chi connectivity index (χ2v) is 4.31. The molecule has 1 amide bonds. The Bertz CT molecular complexity index is 190. The minimum Gasteiger partial charge on any atom is -0.370 e. The highest BCUT2D eigenvalue weighted by Crippen LogP contribution is 2.07. The van der Waals surface area contributed by atoms with Crippen LogP contribution < -0.4 is 11.1 Å². The summed E-state index contributed by atoms with van der Waals surface area (Å²) in [5.74, 6) is -0.199. The van der Waals surface area contributed by atoms with Crippen molar-refractivity contribution >= 4 is 5.91 Å². The maximum atomic E-state index is 10.7. The highest BCUT2D eigenvalue weighted by molar-refractivity contribution is 5.73. The van der Waals surface area contributed by atoms with Crippen molar-refractivity contribution in [2.24, 2.45) is 5.73 Å². The quantitative estimate of drug-likeness (QED) is 0.640. The third-order valence-electron chi connectivity index (χ3n) is 2.86. The molecule has 0 aromatic carbocycles. The molecule has 1 fully saturated rings. The Balaban J connectivity index is 2.25. The molecule has 0 aromatic rings. The van der Waals surface area contributed by atoms with E-state index < -0.39 is 0 Å². The van der Waals surface area contributed by atoms with Crippen molar-refractivity contribution in [2.45, 2.75) is 38.6 Å². The van der Waals surface area contributed by atoms with Crippen molar-refractivity contribution < 1.29 is 4.79 Å². The molecule has 1 aliphatic heterocycles. The monoisotopic (exact) mass is 213 g/mol. The Morgan fingerprint density at radius 1 is 1.53 bits per heavy atom. The zero-order chi connectivity index (χ0) is 11.1. The van der Waals surface area contributed by atoms with Crippen molar-refractivity contribution in [3.8, 4) is 0 Å². The zero-order valence-electron chi connectivity index (χ0n) is 9.67. The molecule has 0 radical (unpaired) electrons. The lowest BCUT2D eigenvalue weighted by Gasteiger charge is -2.24. The molecule has 4 nitrogen and oxygen atoms in total. The number of carbonyl (C=O) groups excluding carboxylic acids is 1. The van der Waals surface area contributed by atoms with E-state index in [1.807, 2.05) is 0 Å². The standard InChI is InChI=1S/C11H23N3O/c1-2-7-14(8-5-11(12)15)9-10-4-3-6-13-10/h10,13H,2-9H2,1H3,(H2,12,15). The molecule has 0 saturated carbocycles. The lowest BCUT2D eigenvalue weighted by atomic mass is 10.2. The molecular weight excluding hydrogens is 190 g/mol. The van der Waals surface area contributed by atoms with Crippen LogP contribution in [0.4, 0.5) is 0 Å². The van der Waals surface area contributed by atoms with Crippen LogP contribution >= 0.6 is 0 Å². The first-order valence-electron chi connectivity index (χ1n) is 5.96. The molecule has 1 saturated heterocycles. The SMILES string of the molecule is CCCN(CCC(N)=O)CC1CCCN1. The first-order valence-corrected chi connectivity index (χ1v) is 5.96. The van der Waals surface area contributed by atoms with Crippen molar-refractivity contribution in [1.29, 1.82) is 0 Å². The van der Waals surface area contributed by atoms with E-state index in [1.165, 1.54) is 12.8 Å².